The summed E-state index contributed by atoms with van der Waals surface area (Å²) in [5.41, 5.74) is -0.220. The van der Waals surface area contributed by atoms with E-state index < -0.39 is 17.8 Å². The lowest BCUT2D eigenvalue weighted by Gasteiger charge is -2.40. The largest absolute Gasteiger partial charge is 0.416 e. The van der Waals surface area contributed by atoms with E-state index in [1.165, 1.54) is 6.07 Å². The Morgan fingerprint density at radius 2 is 1.85 bits per heavy atom. The minimum atomic E-state index is -4.42. The first-order valence-electron chi connectivity index (χ1n) is 9.06. The molecule has 2 fully saturated rings. The number of hydrogen-bond acceptors (Lipinski definition) is 2. The van der Waals surface area contributed by atoms with Crippen LogP contribution in [-0.2, 0) is 15.8 Å². The Bertz CT molecular complexity index is 686. The summed E-state index contributed by atoms with van der Waals surface area (Å²) in [6, 6.07) is 4.78. The van der Waals surface area contributed by atoms with Crippen molar-refractivity contribution in [3.63, 3.8) is 0 Å². The number of nitrogens with one attached hydrogen (secondary N) is 1. The van der Waals surface area contributed by atoms with Crippen LogP contribution in [0.1, 0.15) is 49.8 Å². The molecular weight excluding hydrogens is 345 g/mol. The van der Waals surface area contributed by atoms with E-state index in [-0.39, 0.29) is 30.2 Å². The maximum atomic E-state index is 13.0. The molecule has 142 valence electrons. The van der Waals surface area contributed by atoms with E-state index in [2.05, 4.69) is 5.32 Å². The monoisotopic (exact) mass is 368 g/mol. The van der Waals surface area contributed by atoms with Crippen molar-refractivity contribution in [2.75, 3.05) is 13.1 Å². The van der Waals surface area contributed by atoms with Gasteiger partial charge in [-0.1, -0.05) is 12.1 Å². The van der Waals surface area contributed by atoms with Crippen LogP contribution in [0, 0.1) is 11.8 Å². The Kier molecular flexibility index (Phi) is 5.25. The van der Waals surface area contributed by atoms with Gasteiger partial charge >= 0.3 is 6.18 Å². The molecule has 3 rings (SSSR count). The zero-order chi connectivity index (χ0) is 18.9. The Morgan fingerprint density at radius 1 is 1.15 bits per heavy atom. The fourth-order valence-corrected chi connectivity index (χ4v) is 3.58. The smallest absolute Gasteiger partial charge is 0.356 e. The number of alkyl halides is 3. The second-order valence-electron chi connectivity index (χ2n) is 7.07. The minimum absolute atomic E-state index is 0.0404. The highest BCUT2D eigenvalue weighted by molar-refractivity contribution is 5.84. The second kappa shape index (κ2) is 7.29. The number of piperidine rings is 1. The maximum Gasteiger partial charge on any atom is 0.416 e. The summed E-state index contributed by atoms with van der Waals surface area (Å²) in [7, 11) is 0. The molecule has 0 spiro atoms. The molecule has 1 saturated heterocycles. The summed E-state index contributed by atoms with van der Waals surface area (Å²) in [4.78, 5) is 26.5. The highest BCUT2D eigenvalue weighted by atomic mass is 19.4. The van der Waals surface area contributed by atoms with Gasteiger partial charge in [0.2, 0.25) is 11.8 Å². The van der Waals surface area contributed by atoms with Crippen LogP contribution in [0.25, 0.3) is 0 Å². The molecule has 2 aliphatic rings. The average Bonchev–Trinajstić information content (AvgIpc) is 3.45. The molecular formula is C19H23F3N2O2. The van der Waals surface area contributed by atoms with E-state index in [0.717, 1.165) is 25.0 Å². The van der Waals surface area contributed by atoms with E-state index >= 15 is 0 Å². The van der Waals surface area contributed by atoms with Crippen LogP contribution in [0.4, 0.5) is 13.2 Å². The summed E-state index contributed by atoms with van der Waals surface area (Å²) < 4.78 is 39.1. The molecule has 1 aliphatic heterocycles. The first kappa shape index (κ1) is 18.7. The molecule has 1 heterocycles. The van der Waals surface area contributed by atoms with E-state index in [1.54, 1.807) is 11.0 Å². The lowest BCUT2D eigenvalue weighted by atomic mass is 9.87. The Labute approximate surface area is 150 Å². The predicted octanol–water partition coefficient (Wildman–Crippen LogP) is 3.53. The van der Waals surface area contributed by atoms with Crippen molar-refractivity contribution in [1.29, 1.82) is 0 Å². The molecule has 26 heavy (non-hydrogen) atoms. The first-order valence-corrected chi connectivity index (χ1v) is 9.06. The fraction of sp³-hybridized carbons (Fsp3) is 0.579. The Hall–Kier alpha value is -2.05. The van der Waals surface area contributed by atoms with Crippen molar-refractivity contribution in [1.82, 2.24) is 10.2 Å². The number of likely N-dealkylation sites (tertiary alicyclic amines) is 1. The summed E-state index contributed by atoms with van der Waals surface area (Å²) in [6.45, 7) is 2.62. The third-order valence-electron chi connectivity index (χ3n) is 5.11. The number of rotatable bonds is 4. The highest BCUT2D eigenvalue weighted by Crippen LogP contribution is 2.40. The molecule has 1 aliphatic carbocycles. The zero-order valence-electron chi connectivity index (χ0n) is 14.7. The fourth-order valence-electron chi connectivity index (χ4n) is 3.58. The lowest BCUT2D eigenvalue weighted by Crippen LogP contribution is -2.47. The molecule has 0 unspecified atom stereocenters. The molecule has 1 aromatic carbocycles. The minimum Gasteiger partial charge on any atom is -0.356 e. The predicted molar refractivity (Wildman–Crippen MR) is 90.0 cm³/mol. The molecule has 2 amide bonds. The van der Waals surface area contributed by atoms with Crippen molar-refractivity contribution in [2.24, 2.45) is 11.8 Å². The normalized spacial score (nSPS) is 23.6. The number of halogens is 3. The quantitative estimate of drug-likeness (QED) is 0.884. The van der Waals surface area contributed by atoms with Crippen molar-refractivity contribution in [3.8, 4) is 0 Å². The van der Waals surface area contributed by atoms with Crippen LogP contribution < -0.4 is 5.32 Å². The van der Waals surface area contributed by atoms with Gasteiger partial charge in [-0.05, 0) is 50.3 Å². The van der Waals surface area contributed by atoms with Gasteiger partial charge in [0.05, 0.1) is 17.5 Å². The Morgan fingerprint density at radius 3 is 2.46 bits per heavy atom. The lowest BCUT2D eigenvalue weighted by molar-refractivity contribution is -0.140. The third kappa shape index (κ3) is 4.02. The summed E-state index contributed by atoms with van der Waals surface area (Å²) in [5, 5.41) is 2.78. The molecule has 0 bridgehead atoms. The van der Waals surface area contributed by atoms with E-state index in [0.29, 0.717) is 24.9 Å². The molecule has 0 aromatic heterocycles. The molecule has 1 aromatic rings. The van der Waals surface area contributed by atoms with Crippen molar-refractivity contribution < 1.29 is 22.8 Å². The first-order chi connectivity index (χ1) is 12.3. The number of carbonyl (C=O) groups is 2. The highest BCUT2D eigenvalue weighted by Gasteiger charge is 2.41. The van der Waals surface area contributed by atoms with Gasteiger partial charge in [0.1, 0.15) is 0 Å². The molecule has 4 nitrogen and oxygen atoms in total. The van der Waals surface area contributed by atoms with Gasteiger partial charge in [-0.25, -0.2) is 0 Å². The average molecular weight is 368 g/mol. The zero-order valence-corrected chi connectivity index (χ0v) is 14.7. The van der Waals surface area contributed by atoms with Gasteiger partial charge in [-0.15, -0.1) is 0 Å². The van der Waals surface area contributed by atoms with Gasteiger partial charge < -0.3 is 10.2 Å². The van der Waals surface area contributed by atoms with Gasteiger partial charge in [0, 0.05) is 19.0 Å². The number of benzene rings is 1. The van der Waals surface area contributed by atoms with E-state index in [9.17, 15) is 22.8 Å². The SMILES string of the molecule is CCNC(=O)[C@@H]1CC[C@H](c2cccc(C(F)(F)F)c2)N(C(=O)C2CC2)C1. The number of nitrogens with zero attached hydrogens (tertiary/aromatic N) is 1. The summed E-state index contributed by atoms with van der Waals surface area (Å²) in [6.07, 6.45) is -1.74. The van der Waals surface area contributed by atoms with E-state index in [1.807, 2.05) is 6.92 Å². The van der Waals surface area contributed by atoms with Crippen LogP contribution in [0.2, 0.25) is 0 Å². The van der Waals surface area contributed by atoms with Crippen LogP contribution in [0.5, 0.6) is 0 Å². The van der Waals surface area contributed by atoms with Gasteiger partial charge in [-0.3, -0.25) is 9.59 Å². The van der Waals surface area contributed by atoms with Gasteiger partial charge in [-0.2, -0.15) is 13.2 Å². The Balaban J connectivity index is 1.85. The standard InChI is InChI=1S/C19H23F3N2O2/c1-2-23-17(25)14-8-9-16(24(11-14)18(26)12-6-7-12)13-4-3-5-15(10-13)19(20,21)22/h3-5,10,12,14,16H,2,6-9,11H2,1H3,(H,23,25)/t14-,16-/m1/s1. The number of carbonyl (C=O) groups excluding carboxylic acids is 2. The molecule has 1 saturated carbocycles. The number of amides is 2. The van der Waals surface area contributed by atoms with Crippen LogP contribution >= 0.6 is 0 Å². The summed E-state index contributed by atoms with van der Waals surface area (Å²) in [5.74, 6) is -0.485. The van der Waals surface area contributed by atoms with Crippen LogP contribution in [0.15, 0.2) is 24.3 Å². The molecule has 2 atom stereocenters. The van der Waals surface area contributed by atoms with Crippen molar-refractivity contribution in [2.45, 2.75) is 44.8 Å². The van der Waals surface area contributed by atoms with E-state index in [4.69, 9.17) is 0 Å². The number of hydrogen-bond donors (Lipinski definition) is 1. The molecule has 1 N–H and O–H groups in total. The summed E-state index contributed by atoms with van der Waals surface area (Å²) >= 11 is 0. The third-order valence-corrected chi connectivity index (χ3v) is 5.11. The van der Waals surface area contributed by atoms with Crippen molar-refractivity contribution >= 4 is 11.8 Å². The maximum absolute atomic E-state index is 13.0. The van der Waals surface area contributed by atoms with Crippen LogP contribution in [0.3, 0.4) is 0 Å². The molecule has 0 radical (unpaired) electrons. The van der Waals surface area contributed by atoms with Gasteiger partial charge in [0.25, 0.3) is 0 Å². The van der Waals surface area contributed by atoms with Crippen LogP contribution in [-0.4, -0.2) is 29.8 Å². The van der Waals surface area contributed by atoms with Gasteiger partial charge in [0.15, 0.2) is 0 Å². The second-order valence-corrected chi connectivity index (χ2v) is 7.07. The topological polar surface area (TPSA) is 49.4 Å². The van der Waals surface area contributed by atoms with Crippen molar-refractivity contribution in [3.05, 3.63) is 35.4 Å². The molecule has 7 heteroatoms.